The highest BCUT2D eigenvalue weighted by atomic mass is 35.5. The average Bonchev–Trinajstić information content (AvgIpc) is 2.99. The van der Waals surface area contributed by atoms with Gasteiger partial charge >= 0.3 is 0 Å². The van der Waals surface area contributed by atoms with Crippen molar-refractivity contribution in [1.82, 2.24) is 9.55 Å². The van der Waals surface area contributed by atoms with Crippen LogP contribution < -0.4 is 0 Å². The Balaban J connectivity index is 1.99. The van der Waals surface area contributed by atoms with E-state index >= 15 is 0 Å². The second kappa shape index (κ2) is 9.49. The molecule has 0 amide bonds. The monoisotopic (exact) mass is 356 g/mol. The Kier molecular flexibility index (Phi) is 7.64. The summed E-state index contributed by atoms with van der Waals surface area (Å²) in [5.41, 5.74) is 0. The minimum atomic E-state index is 0.490. The lowest BCUT2D eigenvalue weighted by Gasteiger charge is -2.18. The molecule has 0 aliphatic rings. The van der Waals surface area contributed by atoms with Crippen molar-refractivity contribution in [2.24, 2.45) is 0 Å². The third-order valence-corrected chi connectivity index (χ3v) is 5.53. The van der Waals surface area contributed by atoms with Crippen molar-refractivity contribution in [3.05, 3.63) is 47.0 Å². The van der Waals surface area contributed by atoms with Crippen molar-refractivity contribution in [3.63, 3.8) is 0 Å². The number of unbranched alkanes of at least 4 members (excludes halogenated alkanes) is 3. The first-order chi connectivity index (χ1) is 10.7. The third-order valence-electron chi connectivity index (χ3n) is 3.54. The first kappa shape index (κ1) is 17.7. The Morgan fingerprint density at radius 1 is 1.23 bits per heavy atom. The molecule has 1 atom stereocenters. The molecule has 0 spiro atoms. The van der Waals surface area contributed by atoms with Crippen LogP contribution in [-0.4, -0.2) is 14.8 Å². The topological polar surface area (TPSA) is 17.8 Å². The van der Waals surface area contributed by atoms with Crippen molar-refractivity contribution in [1.29, 1.82) is 0 Å². The predicted molar refractivity (Wildman–Crippen MR) is 97.1 cm³/mol. The number of thioether (sulfide) groups is 1. The minimum Gasteiger partial charge on any atom is -0.336 e. The van der Waals surface area contributed by atoms with Crippen molar-refractivity contribution >= 4 is 35.0 Å². The second-order valence-electron chi connectivity index (χ2n) is 5.42. The number of hydrogen-bond acceptors (Lipinski definition) is 2. The van der Waals surface area contributed by atoms with Crippen LogP contribution in [0.25, 0.3) is 0 Å². The molecule has 0 N–H and O–H groups in total. The fourth-order valence-electron chi connectivity index (χ4n) is 2.37. The van der Waals surface area contributed by atoms with Gasteiger partial charge in [-0.3, -0.25) is 0 Å². The van der Waals surface area contributed by atoms with Gasteiger partial charge in [0, 0.05) is 34.1 Å². The lowest BCUT2D eigenvalue weighted by molar-refractivity contribution is 0.569. The first-order valence-corrected chi connectivity index (χ1v) is 9.40. The van der Waals surface area contributed by atoms with Gasteiger partial charge in [-0.15, -0.1) is 11.8 Å². The van der Waals surface area contributed by atoms with Crippen LogP contribution in [0.3, 0.4) is 0 Å². The number of benzene rings is 1. The van der Waals surface area contributed by atoms with Crippen LogP contribution in [0.5, 0.6) is 0 Å². The molecule has 5 heteroatoms. The van der Waals surface area contributed by atoms with Gasteiger partial charge in [0.2, 0.25) is 0 Å². The van der Waals surface area contributed by atoms with Gasteiger partial charge in [0.1, 0.15) is 0 Å². The number of halogens is 2. The summed E-state index contributed by atoms with van der Waals surface area (Å²) >= 11 is 14.1. The summed E-state index contributed by atoms with van der Waals surface area (Å²) < 4.78 is 2.14. The Hall–Kier alpha value is -0.640. The van der Waals surface area contributed by atoms with E-state index in [0.29, 0.717) is 10.3 Å². The van der Waals surface area contributed by atoms with E-state index in [-0.39, 0.29) is 0 Å². The zero-order valence-corrected chi connectivity index (χ0v) is 15.2. The summed E-state index contributed by atoms with van der Waals surface area (Å²) in [5, 5.41) is 1.91. The molecule has 0 saturated carbocycles. The molecule has 0 bridgehead atoms. The Morgan fingerprint density at radius 2 is 2.09 bits per heavy atom. The number of aromatic nitrogens is 2. The highest BCUT2D eigenvalue weighted by Crippen LogP contribution is 2.34. The van der Waals surface area contributed by atoms with Crippen LogP contribution in [0.4, 0.5) is 0 Å². The van der Waals surface area contributed by atoms with Crippen molar-refractivity contribution < 1.29 is 0 Å². The van der Waals surface area contributed by atoms with E-state index in [0.717, 1.165) is 16.5 Å². The predicted octanol–water partition coefficient (Wildman–Crippen LogP) is 6.32. The van der Waals surface area contributed by atoms with Crippen molar-refractivity contribution in [3.8, 4) is 0 Å². The van der Waals surface area contributed by atoms with Crippen LogP contribution >= 0.6 is 35.0 Å². The Bertz CT molecular complexity index is 558. The quantitative estimate of drug-likeness (QED) is 0.386. The van der Waals surface area contributed by atoms with Gasteiger partial charge in [0.15, 0.2) is 0 Å². The molecular weight excluding hydrogens is 335 g/mol. The summed E-state index contributed by atoms with van der Waals surface area (Å²) in [7, 11) is 0. The summed E-state index contributed by atoms with van der Waals surface area (Å²) in [5.74, 6) is 0. The number of imidazole rings is 1. The van der Waals surface area contributed by atoms with Crippen LogP contribution in [-0.2, 0) is 6.54 Å². The maximum atomic E-state index is 6.31. The molecule has 2 aromatic rings. The fraction of sp³-hybridized carbons (Fsp3) is 0.471. The number of nitrogens with zero attached hydrogens (tertiary/aromatic N) is 2. The summed E-state index contributed by atoms with van der Waals surface area (Å²) in [6, 6.07) is 5.74. The fourth-order valence-corrected chi connectivity index (χ4v) is 4.12. The SMILES string of the molecule is CCCCCCC(Cn1ccnc1)Sc1ccc(Cl)cc1Cl. The van der Waals surface area contributed by atoms with Crippen LogP contribution in [0.2, 0.25) is 10.0 Å². The van der Waals surface area contributed by atoms with Gasteiger partial charge in [0.25, 0.3) is 0 Å². The Morgan fingerprint density at radius 3 is 2.77 bits per heavy atom. The lowest BCUT2D eigenvalue weighted by atomic mass is 10.1. The van der Waals surface area contributed by atoms with E-state index in [1.54, 1.807) is 0 Å². The summed E-state index contributed by atoms with van der Waals surface area (Å²) in [4.78, 5) is 5.23. The van der Waals surface area contributed by atoms with E-state index in [9.17, 15) is 0 Å². The smallest absolute Gasteiger partial charge is 0.0946 e. The molecule has 2 nitrogen and oxygen atoms in total. The molecule has 0 aliphatic heterocycles. The molecule has 0 saturated heterocycles. The maximum absolute atomic E-state index is 6.31. The highest BCUT2D eigenvalue weighted by Gasteiger charge is 2.13. The van der Waals surface area contributed by atoms with Crippen LogP contribution in [0.15, 0.2) is 41.8 Å². The zero-order valence-electron chi connectivity index (χ0n) is 12.8. The number of rotatable bonds is 9. The second-order valence-corrected chi connectivity index (χ2v) is 7.61. The molecule has 1 aromatic carbocycles. The molecule has 0 aliphatic carbocycles. The van der Waals surface area contributed by atoms with Gasteiger partial charge in [-0.2, -0.15) is 0 Å². The molecule has 120 valence electrons. The molecule has 2 rings (SSSR count). The molecular formula is C17H22Cl2N2S. The zero-order chi connectivity index (χ0) is 15.8. The molecule has 1 aromatic heterocycles. The average molecular weight is 357 g/mol. The van der Waals surface area contributed by atoms with Crippen molar-refractivity contribution in [2.75, 3.05) is 0 Å². The van der Waals surface area contributed by atoms with Crippen LogP contribution in [0.1, 0.15) is 39.0 Å². The van der Waals surface area contributed by atoms with E-state index in [4.69, 9.17) is 23.2 Å². The number of hydrogen-bond donors (Lipinski definition) is 0. The highest BCUT2D eigenvalue weighted by molar-refractivity contribution is 8.00. The van der Waals surface area contributed by atoms with Gasteiger partial charge in [-0.1, -0.05) is 55.8 Å². The molecule has 0 fully saturated rings. The van der Waals surface area contributed by atoms with Gasteiger partial charge in [0.05, 0.1) is 11.3 Å². The van der Waals surface area contributed by atoms with E-state index in [2.05, 4.69) is 16.5 Å². The Labute approximate surface area is 147 Å². The van der Waals surface area contributed by atoms with Gasteiger partial charge in [-0.25, -0.2) is 4.98 Å². The van der Waals surface area contributed by atoms with Crippen LogP contribution in [0, 0.1) is 0 Å². The third kappa shape index (κ3) is 5.86. The first-order valence-electron chi connectivity index (χ1n) is 7.76. The van der Waals surface area contributed by atoms with E-state index in [1.807, 2.05) is 48.7 Å². The van der Waals surface area contributed by atoms with Gasteiger partial charge in [-0.05, 0) is 24.6 Å². The molecule has 1 unspecified atom stereocenters. The summed E-state index contributed by atoms with van der Waals surface area (Å²) in [6.45, 7) is 3.20. The standard InChI is InChI=1S/C17H22Cl2N2S/c1-2-3-4-5-6-15(12-21-10-9-20-13-21)22-17-8-7-14(18)11-16(17)19/h7-11,13,15H,2-6,12H2,1H3. The molecule has 1 heterocycles. The maximum Gasteiger partial charge on any atom is 0.0946 e. The lowest BCUT2D eigenvalue weighted by Crippen LogP contribution is -2.12. The van der Waals surface area contributed by atoms with E-state index < -0.39 is 0 Å². The molecule has 22 heavy (non-hydrogen) atoms. The minimum absolute atomic E-state index is 0.490. The van der Waals surface area contributed by atoms with Crippen molar-refractivity contribution in [2.45, 2.75) is 55.7 Å². The summed E-state index contributed by atoms with van der Waals surface area (Å²) in [6.07, 6.45) is 12.0. The van der Waals surface area contributed by atoms with Gasteiger partial charge < -0.3 is 4.57 Å². The molecule has 0 radical (unpaired) electrons. The largest absolute Gasteiger partial charge is 0.336 e. The normalized spacial score (nSPS) is 12.5. The van der Waals surface area contributed by atoms with E-state index in [1.165, 1.54) is 32.1 Å².